The Kier molecular flexibility index (Phi) is 3.49. The summed E-state index contributed by atoms with van der Waals surface area (Å²) in [6, 6.07) is 8.76. The minimum atomic E-state index is -0.991. The Morgan fingerprint density at radius 1 is 1.33 bits per heavy atom. The van der Waals surface area contributed by atoms with Crippen LogP contribution in [0.25, 0.3) is 11.0 Å². The van der Waals surface area contributed by atoms with Gasteiger partial charge in [0.2, 0.25) is 0 Å². The molecule has 0 aliphatic heterocycles. The van der Waals surface area contributed by atoms with E-state index in [0.717, 1.165) is 16.8 Å². The van der Waals surface area contributed by atoms with Gasteiger partial charge in [0.1, 0.15) is 10.8 Å². The lowest BCUT2D eigenvalue weighted by molar-refractivity contribution is 0.0696. The molecule has 0 unspecified atom stereocenters. The second-order valence-corrected chi connectivity index (χ2v) is 5.23. The molecule has 0 atom stereocenters. The summed E-state index contributed by atoms with van der Waals surface area (Å²) < 4.78 is 5.16. The Labute approximate surface area is 124 Å². The molecule has 21 heavy (non-hydrogen) atoms. The predicted molar refractivity (Wildman–Crippen MR) is 78.0 cm³/mol. The molecule has 0 spiro atoms. The van der Waals surface area contributed by atoms with Crippen molar-refractivity contribution in [3.05, 3.63) is 42.1 Å². The van der Waals surface area contributed by atoms with Gasteiger partial charge in [0.25, 0.3) is 0 Å². The van der Waals surface area contributed by atoms with Gasteiger partial charge in [0.15, 0.2) is 5.16 Å². The van der Waals surface area contributed by atoms with Crippen LogP contribution < -0.4 is 4.74 Å². The first-order valence-electron chi connectivity index (χ1n) is 6.06. The van der Waals surface area contributed by atoms with Crippen molar-refractivity contribution in [1.29, 1.82) is 0 Å². The first-order chi connectivity index (χ1) is 10.2. The van der Waals surface area contributed by atoms with Crippen LogP contribution in [0.4, 0.5) is 0 Å². The zero-order valence-electron chi connectivity index (χ0n) is 11.0. The van der Waals surface area contributed by atoms with E-state index >= 15 is 0 Å². The van der Waals surface area contributed by atoms with E-state index < -0.39 is 5.97 Å². The summed E-state index contributed by atoms with van der Waals surface area (Å²) in [5, 5.41) is 10.2. The number of rotatable bonds is 4. The van der Waals surface area contributed by atoms with Crippen LogP contribution in [0.1, 0.15) is 10.4 Å². The Morgan fingerprint density at radius 3 is 2.86 bits per heavy atom. The number of H-pyrrole nitrogens is 1. The number of imidazole rings is 1. The number of pyridine rings is 1. The van der Waals surface area contributed by atoms with Crippen LogP contribution in [-0.4, -0.2) is 33.1 Å². The number of nitrogens with zero attached hydrogens (tertiary/aromatic N) is 2. The first-order valence-corrected chi connectivity index (χ1v) is 6.88. The summed E-state index contributed by atoms with van der Waals surface area (Å²) in [6.45, 7) is 0. The van der Waals surface area contributed by atoms with Crippen molar-refractivity contribution >= 4 is 28.8 Å². The Hall–Kier alpha value is -2.54. The molecule has 0 aliphatic rings. The molecule has 0 fully saturated rings. The van der Waals surface area contributed by atoms with Gasteiger partial charge in [-0.3, -0.25) is 0 Å². The van der Waals surface area contributed by atoms with Crippen molar-refractivity contribution in [3.63, 3.8) is 0 Å². The molecule has 2 N–H and O–H groups in total. The Balaban J connectivity index is 1.85. The molecule has 3 aromatic rings. The lowest BCUT2D eigenvalue weighted by Gasteiger charge is -1.97. The van der Waals surface area contributed by atoms with Crippen LogP contribution >= 0.6 is 11.8 Å². The van der Waals surface area contributed by atoms with Gasteiger partial charge in [-0.15, -0.1) is 0 Å². The molecule has 0 saturated heterocycles. The van der Waals surface area contributed by atoms with Crippen LogP contribution in [0.15, 0.2) is 46.7 Å². The Bertz CT molecular complexity index is 799. The summed E-state index contributed by atoms with van der Waals surface area (Å²) in [4.78, 5) is 22.5. The molecule has 1 aromatic carbocycles. The molecule has 2 heterocycles. The summed E-state index contributed by atoms with van der Waals surface area (Å²) in [7, 11) is 1.61. The zero-order valence-corrected chi connectivity index (χ0v) is 11.8. The predicted octanol–water partition coefficient (Wildman–Crippen LogP) is 2.82. The number of aromatic nitrogens is 3. The summed E-state index contributed by atoms with van der Waals surface area (Å²) in [5.74, 6) is -0.235. The lowest BCUT2D eigenvalue weighted by atomic mass is 10.3. The molecule has 6 nitrogen and oxygen atoms in total. The van der Waals surface area contributed by atoms with E-state index in [1.807, 2.05) is 18.2 Å². The zero-order chi connectivity index (χ0) is 14.8. The fraction of sp³-hybridized carbons (Fsp3) is 0.0714. The highest BCUT2D eigenvalue weighted by Gasteiger charge is 2.08. The third kappa shape index (κ3) is 2.82. The number of methoxy groups -OCH3 is 1. The van der Waals surface area contributed by atoms with Gasteiger partial charge in [-0.05, 0) is 36.0 Å². The van der Waals surface area contributed by atoms with Crippen molar-refractivity contribution in [2.75, 3.05) is 7.11 Å². The van der Waals surface area contributed by atoms with Crippen molar-refractivity contribution < 1.29 is 14.6 Å². The van der Waals surface area contributed by atoms with E-state index in [-0.39, 0.29) is 5.56 Å². The van der Waals surface area contributed by atoms with Crippen LogP contribution in [0.2, 0.25) is 0 Å². The quantitative estimate of drug-likeness (QED) is 0.770. The lowest BCUT2D eigenvalue weighted by Crippen LogP contribution is -1.96. The van der Waals surface area contributed by atoms with E-state index in [1.165, 1.54) is 24.0 Å². The molecular weight excluding hydrogens is 290 g/mol. The van der Waals surface area contributed by atoms with Crippen LogP contribution in [-0.2, 0) is 0 Å². The van der Waals surface area contributed by atoms with Gasteiger partial charge in [-0.2, -0.15) is 0 Å². The number of carbonyl (C=O) groups is 1. The van der Waals surface area contributed by atoms with Gasteiger partial charge in [0, 0.05) is 12.3 Å². The third-order valence-corrected chi connectivity index (χ3v) is 3.69. The fourth-order valence-electron chi connectivity index (χ4n) is 1.81. The van der Waals surface area contributed by atoms with E-state index in [4.69, 9.17) is 9.84 Å². The molecule has 3 rings (SSSR count). The number of aromatic amines is 1. The number of benzene rings is 1. The van der Waals surface area contributed by atoms with E-state index in [2.05, 4.69) is 15.0 Å². The van der Waals surface area contributed by atoms with E-state index in [9.17, 15) is 4.79 Å². The van der Waals surface area contributed by atoms with Crippen LogP contribution in [0.5, 0.6) is 5.75 Å². The number of hydrogen-bond acceptors (Lipinski definition) is 5. The second kappa shape index (κ2) is 5.45. The topological polar surface area (TPSA) is 88.1 Å². The van der Waals surface area contributed by atoms with Gasteiger partial charge in [-0.25, -0.2) is 14.8 Å². The highest BCUT2D eigenvalue weighted by molar-refractivity contribution is 7.99. The van der Waals surface area contributed by atoms with Gasteiger partial charge < -0.3 is 14.8 Å². The summed E-state index contributed by atoms with van der Waals surface area (Å²) in [5.41, 5.74) is 1.87. The Morgan fingerprint density at radius 2 is 2.19 bits per heavy atom. The summed E-state index contributed by atoms with van der Waals surface area (Å²) in [6.07, 6.45) is 1.33. The average Bonchev–Trinajstić information content (AvgIpc) is 2.88. The highest BCUT2D eigenvalue weighted by atomic mass is 32.2. The number of hydrogen-bond donors (Lipinski definition) is 2. The maximum Gasteiger partial charge on any atom is 0.337 e. The van der Waals surface area contributed by atoms with Crippen LogP contribution in [0.3, 0.4) is 0 Å². The normalized spacial score (nSPS) is 10.7. The SMILES string of the molecule is COc1ccc2nc(Sc3ccc(C(=O)O)cn3)[nH]c2c1. The fourth-order valence-corrected chi connectivity index (χ4v) is 2.55. The van der Waals surface area contributed by atoms with Crippen molar-refractivity contribution in [2.45, 2.75) is 10.2 Å². The minimum absolute atomic E-state index is 0.161. The number of nitrogens with one attached hydrogen (secondary N) is 1. The molecule has 7 heteroatoms. The monoisotopic (exact) mass is 301 g/mol. The van der Waals surface area contributed by atoms with Crippen molar-refractivity contribution in [1.82, 2.24) is 15.0 Å². The molecule has 106 valence electrons. The molecule has 2 aromatic heterocycles. The number of carboxylic acids is 1. The molecule has 0 radical (unpaired) electrons. The molecule has 0 saturated carbocycles. The smallest absolute Gasteiger partial charge is 0.337 e. The largest absolute Gasteiger partial charge is 0.497 e. The van der Waals surface area contributed by atoms with Crippen molar-refractivity contribution in [3.8, 4) is 5.75 Å². The number of fused-ring (bicyclic) bond motifs is 1. The number of carboxylic acid groups (broad SMARTS) is 1. The molecule has 0 amide bonds. The van der Waals surface area contributed by atoms with Gasteiger partial charge in [-0.1, -0.05) is 0 Å². The van der Waals surface area contributed by atoms with Crippen molar-refractivity contribution in [2.24, 2.45) is 0 Å². The minimum Gasteiger partial charge on any atom is -0.497 e. The summed E-state index contributed by atoms with van der Waals surface area (Å²) >= 11 is 1.34. The molecule has 0 bridgehead atoms. The van der Waals surface area contributed by atoms with Gasteiger partial charge in [0.05, 0.1) is 23.7 Å². The van der Waals surface area contributed by atoms with Crippen LogP contribution in [0, 0.1) is 0 Å². The maximum atomic E-state index is 10.8. The maximum absolute atomic E-state index is 10.8. The van der Waals surface area contributed by atoms with E-state index in [0.29, 0.717) is 10.2 Å². The molecule has 0 aliphatic carbocycles. The highest BCUT2D eigenvalue weighted by Crippen LogP contribution is 2.27. The van der Waals surface area contributed by atoms with E-state index in [1.54, 1.807) is 13.2 Å². The average molecular weight is 301 g/mol. The first kappa shape index (κ1) is 13.4. The number of ether oxygens (including phenoxy) is 1. The molecular formula is C14H11N3O3S. The third-order valence-electron chi connectivity index (χ3n) is 2.85. The second-order valence-electron chi connectivity index (χ2n) is 4.22. The standard InChI is InChI=1S/C14H11N3O3S/c1-20-9-3-4-10-11(6-9)17-14(16-10)21-12-5-2-8(7-15-12)13(18)19/h2-7H,1H3,(H,16,17)(H,18,19). The number of aromatic carboxylic acids is 1. The van der Waals surface area contributed by atoms with Gasteiger partial charge >= 0.3 is 5.97 Å².